The first kappa shape index (κ1) is 23.5. The van der Waals surface area contributed by atoms with Crippen molar-refractivity contribution in [3.05, 3.63) is 35.4 Å². The van der Waals surface area contributed by atoms with Crippen LogP contribution in [0.25, 0.3) is 0 Å². The zero-order valence-corrected chi connectivity index (χ0v) is 19.0. The van der Waals surface area contributed by atoms with Crippen molar-refractivity contribution in [3.63, 3.8) is 0 Å². The molecule has 0 radical (unpaired) electrons. The predicted octanol–water partition coefficient (Wildman–Crippen LogP) is 3.29. The summed E-state index contributed by atoms with van der Waals surface area (Å²) in [7, 11) is 0. The Morgan fingerprint density at radius 1 is 1.10 bits per heavy atom. The molecule has 2 rings (SSSR count). The maximum absolute atomic E-state index is 12.1. The summed E-state index contributed by atoms with van der Waals surface area (Å²) in [6, 6.07) is 8.43. The highest BCUT2D eigenvalue weighted by atomic mass is 32.2. The van der Waals surface area contributed by atoms with Crippen LogP contribution < -0.4 is 5.32 Å². The molecule has 1 saturated heterocycles. The van der Waals surface area contributed by atoms with Crippen LogP contribution in [0.5, 0.6) is 0 Å². The molecule has 7 heteroatoms. The SMILES string of the molecule is Cc1ccc(CSCC(=O)NCCCN2CCN(C(=O)OC(C)(C)C)CC2)cc1. The number of hydrogen-bond acceptors (Lipinski definition) is 5. The van der Waals surface area contributed by atoms with Crippen LogP contribution in [0.3, 0.4) is 0 Å². The Balaban J connectivity index is 1.51. The van der Waals surface area contributed by atoms with Crippen LogP contribution in [-0.4, -0.2) is 72.4 Å². The summed E-state index contributed by atoms with van der Waals surface area (Å²) in [6.07, 6.45) is 0.688. The monoisotopic (exact) mass is 421 g/mol. The Bertz CT molecular complexity index is 650. The zero-order valence-electron chi connectivity index (χ0n) is 18.2. The minimum absolute atomic E-state index is 0.0943. The lowest BCUT2D eigenvalue weighted by molar-refractivity contribution is -0.118. The number of ether oxygens (including phenoxy) is 1. The standard InChI is InChI=1S/C22H35N3O3S/c1-18-6-8-19(9-7-18)16-29-17-20(26)23-10-5-11-24-12-14-25(15-13-24)21(27)28-22(2,3)4/h6-9H,5,10-17H2,1-4H3,(H,23,26). The van der Waals surface area contributed by atoms with E-state index in [0.29, 0.717) is 25.4 Å². The average molecular weight is 422 g/mol. The number of nitrogens with one attached hydrogen (secondary N) is 1. The summed E-state index contributed by atoms with van der Waals surface area (Å²) in [5, 5.41) is 3.00. The van der Waals surface area contributed by atoms with Gasteiger partial charge < -0.3 is 15.0 Å². The number of nitrogens with zero attached hydrogens (tertiary/aromatic N) is 2. The lowest BCUT2D eigenvalue weighted by Crippen LogP contribution is -2.50. The van der Waals surface area contributed by atoms with Crippen molar-refractivity contribution in [1.29, 1.82) is 0 Å². The van der Waals surface area contributed by atoms with Crippen LogP contribution in [0.15, 0.2) is 24.3 Å². The van der Waals surface area contributed by atoms with Gasteiger partial charge in [0, 0.05) is 38.5 Å². The molecule has 0 spiro atoms. The van der Waals surface area contributed by atoms with Gasteiger partial charge in [-0.25, -0.2) is 4.79 Å². The summed E-state index contributed by atoms with van der Waals surface area (Å²) in [6.45, 7) is 12.4. The van der Waals surface area contributed by atoms with Gasteiger partial charge in [0.05, 0.1) is 5.75 Å². The molecule has 0 atom stereocenters. The van der Waals surface area contributed by atoms with E-state index in [-0.39, 0.29) is 12.0 Å². The third kappa shape index (κ3) is 9.54. The zero-order chi connectivity index (χ0) is 21.3. The lowest BCUT2D eigenvalue weighted by Gasteiger charge is -2.35. The Labute approximate surface area is 179 Å². The van der Waals surface area contributed by atoms with Gasteiger partial charge in [0.2, 0.25) is 5.91 Å². The molecule has 1 fully saturated rings. The first-order valence-electron chi connectivity index (χ1n) is 10.3. The van der Waals surface area contributed by atoms with Crippen LogP contribution in [0.4, 0.5) is 4.79 Å². The van der Waals surface area contributed by atoms with E-state index in [4.69, 9.17) is 4.74 Å². The fraction of sp³-hybridized carbons (Fsp3) is 0.636. The summed E-state index contributed by atoms with van der Waals surface area (Å²) < 4.78 is 5.42. The van der Waals surface area contributed by atoms with Crippen LogP contribution in [-0.2, 0) is 15.3 Å². The Kier molecular flexibility index (Phi) is 9.30. The third-order valence-electron chi connectivity index (χ3n) is 4.62. The van der Waals surface area contributed by atoms with E-state index in [0.717, 1.165) is 31.8 Å². The third-order valence-corrected chi connectivity index (χ3v) is 5.62. The van der Waals surface area contributed by atoms with Crippen molar-refractivity contribution in [2.75, 3.05) is 45.0 Å². The highest BCUT2D eigenvalue weighted by Gasteiger charge is 2.25. The topological polar surface area (TPSA) is 61.9 Å². The largest absolute Gasteiger partial charge is 0.444 e. The van der Waals surface area contributed by atoms with E-state index in [1.165, 1.54) is 11.1 Å². The lowest BCUT2D eigenvalue weighted by atomic mass is 10.2. The summed E-state index contributed by atoms with van der Waals surface area (Å²) in [5.41, 5.74) is 2.05. The minimum Gasteiger partial charge on any atom is -0.444 e. The molecule has 1 aromatic rings. The van der Waals surface area contributed by atoms with E-state index in [9.17, 15) is 9.59 Å². The van der Waals surface area contributed by atoms with Gasteiger partial charge in [-0.1, -0.05) is 29.8 Å². The molecule has 162 valence electrons. The summed E-state index contributed by atoms with van der Waals surface area (Å²) in [4.78, 5) is 28.2. The number of thioether (sulfide) groups is 1. The number of aryl methyl sites for hydroxylation is 1. The molecule has 1 N–H and O–H groups in total. The van der Waals surface area contributed by atoms with E-state index in [1.54, 1.807) is 16.7 Å². The van der Waals surface area contributed by atoms with Gasteiger partial charge >= 0.3 is 6.09 Å². The first-order chi connectivity index (χ1) is 13.7. The maximum Gasteiger partial charge on any atom is 0.410 e. The number of piperazine rings is 1. The van der Waals surface area contributed by atoms with E-state index < -0.39 is 5.60 Å². The molecule has 0 unspecified atom stereocenters. The molecule has 0 aliphatic carbocycles. The molecule has 1 aromatic carbocycles. The number of carbonyl (C=O) groups excluding carboxylic acids is 2. The second-order valence-corrected chi connectivity index (χ2v) is 9.48. The fourth-order valence-electron chi connectivity index (χ4n) is 3.01. The van der Waals surface area contributed by atoms with Gasteiger partial charge in [-0.15, -0.1) is 11.8 Å². The van der Waals surface area contributed by atoms with Gasteiger partial charge in [-0.05, 0) is 46.2 Å². The Hall–Kier alpha value is -1.73. The predicted molar refractivity (Wildman–Crippen MR) is 119 cm³/mol. The van der Waals surface area contributed by atoms with Crippen molar-refractivity contribution in [1.82, 2.24) is 15.1 Å². The van der Waals surface area contributed by atoms with Crippen LogP contribution in [0.1, 0.15) is 38.3 Å². The van der Waals surface area contributed by atoms with Gasteiger partial charge in [-0.3, -0.25) is 9.69 Å². The molecule has 0 saturated carbocycles. The van der Waals surface area contributed by atoms with Crippen molar-refractivity contribution < 1.29 is 14.3 Å². The van der Waals surface area contributed by atoms with Gasteiger partial charge in [0.25, 0.3) is 0 Å². The molecule has 1 heterocycles. The van der Waals surface area contributed by atoms with E-state index in [1.807, 2.05) is 20.8 Å². The quantitative estimate of drug-likeness (QED) is 0.653. The van der Waals surface area contributed by atoms with Gasteiger partial charge in [0.15, 0.2) is 0 Å². The molecular weight excluding hydrogens is 386 g/mol. The Morgan fingerprint density at radius 3 is 2.38 bits per heavy atom. The molecule has 29 heavy (non-hydrogen) atoms. The molecule has 6 nitrogen and oxygen atoms in total. The maximum atomic E-state index is 12.1. The van der Waals surface area contributed by atoms with Crippen LogP contribution >= 0.6 is 11.8 Å². The highest BCUT2D eigenvalue weighted by Crippen LogP contribution is 2.13. The number of amides is 2. The molecule has 0 bridgehead atoms. The fourth-order valence-corrected chi connectivity index (χ4v) is 3.83. The average Bonchev–Trinajstić information content (AvgIpc) is 2.66. The van der Waals surface area contributed by atoms with Gasteiger partial charge in [-0.2, -0.15) is 0 Å². The summed E-state index contributed by atoms with van der Waals surface area (Å²) >= 11 is 1.64. The smallest absolute Gasteiger partial charge is 0.410 e. The first-order valence-corrected chi connectivity index (χ1v) is 11.5. The molecule has 1 aliphatic heterocycles. The van der Waals surface area contributed by atoms with E-state index >= 15 is 0 Å². The second-order valence-electron chi connectivity index (χ2n) is 8.49. The van der Waals surface area contributed by atoms with Crippen LogP contribution in [0, 0.1) is 6.92 Å². The van der Waals surface area contributed by atoms with Gasteiger partial charge in [0.1, 0.15) is 5.60 Å². The summed E-state index contributed by atoms with van der Waals surface area (Å²) in [5.74, 6) is 1.44. The van der Waals surface area contributed by atoms with Crippen molar-refractivity contribution >= 4 is 23.8 Å². The molecule has 0 aromatic heterocycles. The van der Waals surface area contributed by atoms with Crippen LogP contribution in [0.2, 0.25) is 0 Å². The molecule has 1 aliphatic rings. The van der Waals surface area contributed by atoms with Crippen molar-refractivity contribution in [2.45, 2.75) is 45.5 Å². The second kappa shape index (κ2) is 11.5. The normalized spacial score (nSPS) is 15.2. The molecular formula is C22H35N3O3S. The number of carbonyl (C=O) groups is 2. The Morgan fingerprint density at radius 2 is 1.76 bits per heavy atom. The van der Waals surface area contributed by atoms with Crippen molar-refractivity contribution in [3.8, 4) is 0 Å². The minimum atomic E-state index is -0.454. The highest BCUT2D eigenvalue weighted by molar-refractivity contribution is 7.99. The van der Waals surface area contributed by atoms with Crippen molar-refractivity contribution in [2.24, 2.45) is 0 Å². The number of hydrogen-bond donors (Lipinski definition) is 1. The number of benzene rings is 1. The van der Waals surface area contributed by atoms with E-state index in [2.05, 4.69) is 41.4 Å². The number of rotatable bonds is 8. The molecule has 2 amide bonds.